The maximum Gasteiger partial charge on any atom is 0.252 e. The van der Waals surface area contributed by atoms with E-state index in [1.54, 1.807) is 13.2 Å². The number of ether oxygens (including phenoxy) is 1. The third-order valence-corrected chi connectivity index (χ3v) is 7.06. The Morgan fingerprint density at radius 3 is 2.63 bits per heavy atom. The summed E-state index contributed by atoms with van der Waals surface area (Å²) in [6.07, 6.45) is 1.73. The third-order valence-electron chi connectivity index (χ3n) is 4.47. The number of carbonyl (C=O) groups is 1. The molecule has 2 aromatic carbocycles. The van der Waals surface area contributed by atoms with Gasteiger partial charge in [0.15, 0.2) is 0 Å². The first-order valence-corrected chi connectivity index (χ1v) is 10.9. The predicted molar refractivity (Wildman–Crippen MR) is 106 cm³/mol. The number of sulfonamides is 1. The van der Waals surface area contributed by atoms with Gasteiger partial charge in [-0.1, -0.05) is 12.1 Å². The maximum absolute atomic E-state index is 12.7. The molecule has 0 aliphatic carbocycles. The molecule has 0 spiro atoms. The Morgan fingerprint density at radius 2 is 1.93 bits per heavy atom. The van der Waals surface area contributed by atoms with Crippen LogP contribution in [0.25, 0.3) is 0 Å². The van der Waals surface area contributed by atoms with Crippen LogP contribution in [0.15, 0.2) is 51.8 Å². The summed E-state index contributed by atoms with van der Waals surface area (Å²) in [4.78, 5) is 12.8. The van der Waals surface area contributed by atoms with Gasteiger partial charge in [0.1, 0.15) is 5.75 Å². The number of rotatable bonds is 6. The van der Waals surface area contributed by atoms with Crippen molar-refractivity contribution in [2.45, 2.75) is 24.3 Å². The first-order valence-electron chi connectivity index (χ1n) is 8.62. The molecular formula is C19H21BrN2O4S. The van der Waals surface area contributed by atoms with Crippen molar-refractivity contribution >= 4 is 31.9 Å². The van der Waals surface area contributed by atoms with E-state index in [1.807, 2.05) is 24.3 Å². The van der Waals surface area contributed by atoms with Gasteiger partial charge in [-0.15, -0.1) is 0 Å². The second-order valence-electron chi connectivity index (χ2n) is 6.29. The molecule has 1 saturated heterocycles. The second kappa shape index (κ2) is 8.41. The Morgan fingerprint density at radius 1 is 1.19 bits per heavy atom. The monoisotopic (exact) mass is 452 g/mol. The lowest BCUT2D eigenvalue weighted by Gasteiger charge is -2.16. The lowest BCUT2D eigenvalue weighted by Crippen LogP contribution is -2.28. The van der Waals surface area contributed by atoms with Gasteiger partial charge in [-0.2, -0.15) is 4.31 Å². The molecule has 0 aromatic heterocycles. The van der Waals surface area contributed by atoms with Crippen molar-refractivity contribution in [2.75, 3.05) is 20.2 Å². The predicted octanol–water partition coefficient (Wildman–Crippen LogP) is 3.17. The molecule has 8 heteroatoms. The molecule has 0 unspecified atom stereocenters. The van der Waals surface area contributed by atoms with Crippen molar-refractivity contribution in [1.82, 2.24) is 9.62 Å². The van der Waals surface area contributed by atoms with Crippen LogP contribution in [-0.4, -0.2) is 38.8 Å². The number of nitrogens with zero attached hydrogens (tertiary/aromatic N) is 1. The fraction of sp³-hybridized carbons (Fsp3) is 0.316. The highest BCUT2D eigenvalue weighted by atomic mass is 79.9. The van der Waals surface area contributed by atoms with Crippen molar-refractivity contribution in [2.24, 2.45) is 0 Å². The average molecular weight is 453 g/mol. The zero-order chi connectivity index (χ0) is 19.4. The fourth-order valence-electron chi connectivity index (χ4n) is 2.98. The topological polar surface area (TPSA) is 75.7 Å². The molecular weight excluding hydrogens is 432 g/mol. The molecule has 0 bridgehead atoms. The Labute approximate surface area is 167 Å². The van der Waals surface area contributed by atoms with E-state index < -0.39 is 10.0 Å². The van der Waals surface area contributed by atoms with E-state index in [-0.39, 0.29) is 16.4 Å². The molecule has 1 amide bonds. The van der Waals surface area contributed by atoms with Crippen molar-refractivity contribution in [3.8, 4) is 5.75 Å². The number of nitrogens with one attached hydrogen (secondary N) is 1. The smallest absolute Gasteiger partial charge is 0.252 e. The van der Waals surface area contributed by atoms with E-state index in [4.69, 9.17) is 4.74 Å². The number of benzene rings is 2. The Hall–Kier alpha value is -1.90. The van der Waals surface area contributed by atoms with E-state index in [1.165, 1.54) is 16.4 Å². The zero-order valence-corrected chi connectivity index (χ0v) is 17.3. The number of methoxy groups -OCH3 is 1. The van der Waals surface area contributed by atoms with Gasteiger partial charge in [-0.3, -0.25) is 4.79 Å². The maximum atomic E-state index is 12.7. The molecule has 3 rings (SSSR count). The summed E-state index contributed by atoms with van der Waals surface area (Å²) < 4.78 is 32.7. The Kier molecular flexibility index (Phi) is 6.18. The first kappa shape index (κ1) is 19.9. The quantitative estimate of drug-likeness (QED) is 0.729. The molecule has 1 aliphatic rings. The van der Waals surface area contributed by atoms with Crippen LogP contribution in [0.5, 0.6) is 5.75 Å². The number of hydrogen-bond donors (Lipinski definition) is 1. The highest BCUT2D eigenvalue weighted by molar-refractivity contribution is 9.10. The van der Waals surface area contributed by atoms with Gasteiger partial charge in [0.2, 0.25) is 10.0 Å². The normalized spacial score (nSPS) is 14.9. The lowest BCUT2D eigenvalue weighted by atomic mass is 10.2. The van der Waals surface area contributed by atoms with Gasteiger partial charge in [-0.05, 0) is 64.7 Å². The van der Waals surface area contributed by atoms with Crippen LogP contribution >= 0.6 is 15.9 Å². The van der Waals surface area contributed by atoms with E-state index in [9.17, 15) is 13.2 Å². The average Bonchev–Trinajstić information content (AvgIpc) is 3.22. The summed E-state index contributed by atoms with van der Waals surface area (Å²) in [5.74, 6) is 0.366. The van der Waals surface area contributed by atoms with Crippen molar-refractivity contribution in [1.29, 1.82) is 0 Å². The molecule has 0 saturated carbocycles. The molecule has 1 N–H and O–H groups in total. The molecule has 144 valence electrons. The largest absolute Gasteiger partial charge is 0.497 e. The lowest BCUT2D eigenvalue weighted by molar-refractivity contribution is 0.0950. The van der Waals surface area contributed by atoms with Gasteiger partial charge >= 0.3 is 0 Å². The molecule has 1 fully saturated rings. The van der Waals surface area contributed by atoms with Crippen LogP contribution < -0.4 is 10.1 Å². The van der Waals surface area contributed by atoms with E-state index >= 15 is 0 Å². The van der Waals surface area contributed by atoms with Crippen molar-refractivity contribution in [3.63, 3.8) is 0 Å². The summed E-state index contributed by atoms with van der Waals surface area (Å²) in [6.45, 7) is 1.36. The highest BCUT2D eigenvalue weighted by Crippen LogP contribution is 2.25. The van der Waals surface area contributed by atoms with E-state index in [0.29, 0.717) is 29.9 Å². The van der Waals surface area contributed by atoms with Crippen LogP contribution in [0.4, 0.5) is 0 Å². The number of carbonyl (C=O) groups excluding carboxylic acids is 1. The van der Waals surface area contributed by atoms with Gasteiger partial charge in [-0.25, -0.2) is 8.42 Å². The minimum absolute atomic E-state index is 0.138. The summed E-state index contributed by atoms with van der Waals surface area (Å²) >= 11 is 3.34. The third kappa shape index (κ3) is 4.51. The highest BCUT2D eigenvalue weighted by Gasteiger charge is 2.28. The first-order chi connectivity index (χ1) is 12.9. The second-order valence-corrected chi connectivity index (χ2v) is 9.08. The van der Waals surface area contributed by atoms with Crippen molar-refractivity contribution in [3.05, 3.63) is 58.1 Å². The summed E-state index contributed by atoms with van der Waals surface area (Å²) in [7, 11) is -1.99. The van der Waals surface area contributed by atoms with Crippen LogP contribution in [0.1, 0.15) is 28.8 Å². The molecule has 1 heterocycles. The van der Waals surface area contributed by atoms with Crippen LogP contribution in [0.2, 0.25) is 0 Å². The fourth-order valence-corrected chi connectivity index (χ4v) is 4.95. The Bertz CT molecular complexity index is 940. The standard InChI is InChI=1S/C19H21BrN2O4S/c1-26-15-6-4-5-14(11-15)13-21-19(23)17-12-16(7-8-18(17)20)27(24,25)22-9-2-3-10-22/h4-8,11-12H,2-3,9-10,13H2,1H3,(H,21,23). The minimum Gasteiger partial charge on any atom is -0.497 e. The van der Waals surface area contributed by atoms with Gasteiger partial charge < -0.3 is 10.1 Å². The summed E-state index contributed by atoms with van der Waals surface area (Å²) in [6, 6.07) is 11.9. The van der Waals surface area contributed by atoms with Crippen LogP contribution in [-0.2, 0) is 16.6 Å². The number of hydrogen-bond acceptors (Lipinski definition) is 4. The number of halogens is 1. The van der Waals surface area contributed by atoms with Gasteiger partial charge in [0, 0.05) is 24.1 Å². The molecule has 2 aromatic rings. The zero-order valence-electron chi connectivity index (χ0n) is 14.9. The number of amides is 1. The SMILES string of the molecule is COc1cccc(CNC(=O)c2cc(S(=O)(=O)N3CCCC3)ccc2Br)c1. The Balaban J connectivity index is 1.78. The minimum atomic E-state index is -3.57. The molecule has 0 radical (unpaired) electrons. The summed E-state index contributed by atoms with van der Waals surface area (Å²) in [5, 5.41) is 2.82. The van der Waals surface area contributed by atoms with Crippen LogP contribution in [0, 0.1) is 0 Å². The molecule has 1 aliphatic heterocycles. The van der Waals surface area contributed by atoms with E-state index in [2.05, 4.69) is 21.2 Å². The summed E-state index contributed by atoms with van der Waals surface area (Å²) in [5.41, 5.74) is 1.18. The molecule has 6 nitrogen and oxygen atoms in total. The van der Waals surface area contributed by atoms with Gasteiger partial charge in [0.25, 0.3) is 5.91 Å². The van der Waals surface area contributed by atoms with Crippen LogP contribution in [0.3, 0.4) is 0 Å². The van der Waals surface area contributed by atoms with Crippen molar-refractivity contribution < 1.29 is 17.9 Å². The van der Waals surface area contributed by atoms with Gasteiger partial charge in [0.05, 0.1) is 17.6 Å². The molecule has 27 heavy (non-hydrogen) atoms. The van der Waals surface area contributed by atoms with E-state index in [0.717, 1.165) is 18.4 Å². The molecule has 0 atom stereocenters.